The van der Waals surface area contributed by atoms with Crippen LogP contribution >= 0.6 is 11.6 Å². The fourth-order valence-corrected chi connectivity index (χ4v) is 4.35. The van der Waals surface area contributed by atoms with Gasteiger partial charge in [0.05, 0.1) is 16.1 Å². The maximum atomic E-state index is 12.4. The third-order valence-electron chi connectivity index (χ3n) is 5.53. The Morgan fingerprint density at radius 3 is 2.76 bits per heavy atom. The van der Waals surface area contributed by atoms with Crippen molar-refractivity contribution in [1.82, 2.24) is 14.5 Å². The van der Waals surface area contributed by atoms with Gasteiger partial charge in [-0.2, -0.15) is 0 Å². The molecule has 2 aromatic carbocycles. The highest BCUT2D eigenvalue weighted by atomic mass is 35.5. The van der Waals surface area contributed by atoms with Gasteiger partial charge < -0.3 is 19.7 Å². The van der Waals surface area contributed by atoms with Gasteiger partial charge in [0, 0.05) is 25.7 Å². The molecule has 0 radical (unpaired) electrons. The topological polar surface area (TPSA) is 70.5 Å². The van der Waals surface area contributed by atoms with Crippen LogP contribution in [0.15, 0.2) is 47.3 Å². The van der Waals surface area contributed by atoms with Crippen molar-refractivity contribution in [1.29, 1.82) is 0 Å². The van der Waals surface area contributed by atoms with E-state index in [2.05, 4.69) is 9.88 Å². The van der Waals surface area contributed by atoms with Crippen LogP contribution in [0.4, 0.5) is 0 Å². The summed E-state index contributed by atoms with van der Waals surface area (Å²) in [6.07, 6.45) is 1.15. The van der Waals surface area contributed by atoms with Gasteiger partial charge in [0.1, 0.15) is 18.5 Å². The third kappa shape index (κ3) is 4.50. The average molecular weight is 416 g/mol. The molecule has 6 nitrogen and oxygen atoms in total. The number of nitrogens with zero attached hydrogens (tertiary/aromatic N) is 2. The molecule has 1 atom stereocenters. The van der Waals surface area contributed by atoms with Crippen LogP contribution in [-0.2, 0) is 0 Å². The number of aryl methyl sites for hydroxylation is 1. The minimum atomic E-state index is -0.597. The van der Waals surface area contributed by atoms with E-state index in [0.29, 0.717) is 17.3 Å². The van der Waals surface area contributed by atoms with Gasteiger partial charge in [0.2, 0.25) is 0 Å². The Bertz CT molecular complexity index is 1040. The molecule has 0 amide bonds. The summed E-state index contributed by atoms with van der Waals surface area (Å²) in [4.78, 5) is 17.5. The second-order valence-corrected chi connectivity index (χ2v) is 8.15. The van der Waals surface area contributed by atoms with Gasteiger partial charge in [-0.05, 0) is 49.6 Å². The number of hydrogen-bond donors (Lipinski definition) is 2. The predicted octanol–water partition coefficient (Wildman–Crippen LogP) is 3.37. The molecule has 0 saturated carbocycles. The van der Waals surface area contributed by atoms with Gasteiger partial charge >= 0.3 is 5.69 Å². The minimum absolute atomic E-state index is 0.0481. The molecule has 29 heavy (non-hydrogen) atoms. The Morgan fingerprint density at radius 2 is 2.00 bits per heavy atom. The third-order valence-corrected chi connectivity index (χ3v) is 5.83. The van der Waals surface area contributed by atoms with E-state index in [4.69, 9.17) is 16.3 Å². The summed E-state index contributed by atoms with van der Waals surface area (Å²) in [5, 5.41) is 10.9. The molecule has 1 fully saturated rings. The number of benzene rings is 2. The van der Waals surface area contributed by atoms with Crippen LogP contribution in [0.5, 0.6) is 5.75 Å². The van der Waals surface area contributed by atoms with Crippen LogP contribution in [0.2, 0.25) is 5.02 Å². The highest BCUT2D eigenvalue weighted by molar-refractivity contribution is 6.32. The molecule has 154 valence electrons. The molecule has 1 saturated heterocycles. The number of piperidine rings is 1. The lowest BCUT2D eigenvalue weighted by Crippen LogP contribution is -2.42. The van der Waals surface area contributed by atoms with Crippen LogP contribution in [0.3, 0.4) is 0 Å². The van der Waals surface area contributed by atoms with E-state index in [0.717, 1.165) is 42.5 Å². The maximum Gasteiger partial charge on any atom is 0.326 e. The normalized spacial score (nSPS) is 16.9. The van der Waals surface area contributed by atoms with Gasteiger partial charge in [-0.3, -0.25) is 4.57 Å². The van der Waals surface area contributed by atoms with Gasteiger partial charge in [-0.1, -0.05) is 29.8 Å². The summed E-state index contributed by atoms with van der Waals surface area (Å²) in [6.45, 7) is 4.38. The van der Waals surface area contributed by atoms with Crippen LogP contribution in [0.1, 0.15) is 24.4 Å². The number of aromatic nitrogens is 2. The van der Waals surface area contributed by atoms with Crippen LogP contribution in [0.25, 0.3) is 11.0 Å². The average Bonchev–Trinajstić information content (AvgIpc) is 3.04. The van der Waals surface area contributed by atoms with Gasteiger partial charge in [0.15, 0.2) is 0 Å². The first-order valence-electron chi connectivity index (χ1n) is 10.00. The Morgan fingerprint density at radius 1 is 1.24 bits per heavy atom. The lowest BCUT2D eigenvalue weighted by molar-refractivity contribution is 0.0559. The number of halogens is 1. The molecule has 1 aliphatic rings. The maximum absolute atomic E-state index is 12.4. The molecule has 3 aromatic rings. The van der Waals surface area contributed by atoms with E-state index < -0.39 is 6.10 Å². The number of aliphatic hydroxyl groups is 1. The molecule has 1 aliphatic heterocycles. The first kappa shape index (κ1) is 20.0. The largest absolute Gasteiger partial charge is 0.489 e. The Labute approximate surface area is 174 Å². The van der Waals surface area contributed by atoms with Crippen molar-refractivity contribution >= 4 is 22.6 Å². The quantitative estimate of drug-likeness (QED) is 0.647. The summed E-state index contributed by atoms with van der Waals surface area (Å²) in [5.74, 6) is 0.591. The van der Waals surface area contributed by atoms with E-state index in [1.54, 1.807) is 0 Å². The second kappa shape index (κ2) is 8.61. The van der Waals surface area contributed by atoms with Crippen molar-refractivity contribution in [3.05, 3.63) is 63.5 Å². The zero-order chi connectivity index (χ0) is 20.4. The van der Waals surface area contributed by atoms with Gasteiger partial charge in [-0.15, -0.1) is 0 Å². The van der Waals surface area contributed by atoms with Gasteiger partial charge in [0.25, 0.3) is 0 Å². The molecule has 1 unspecified atom stereocenters. The Hall–Kier alpha value is -2.28. The molecule has 1 aromatic heterocycles. The highest BCUT2D eigenvalue weighted by Crippen LogP contribution is 2.26. The lowest BCUT2D eigenvalue weighted by atomic mass is 10.0. The molecule has 0 aliphatic carbocycles. The first-order chi connectivity index (χ1) is 14.0. The molecule has 2 N–H and O–H groups in total. The van der Waals surface area contributed by atoms with E-state index in [1.807, 2.05) is 54.0 Å². The standard InChI is InChI=1S/C22H26ClN3O3/c1-15-6-7-21(18(23)12-15)29-14-17(27)13-25-10-8-16(9-11-25)26-20-5-3-2-4-19(20)24-22(26)28/h2-7,12,16-17,27H,8-11,13-14H2,1H3,(H,24,28). The SMILES string of the molecule is Cc1ccc(OCC(O)CN2CCC(n3c(=O)[nH]c4ccccc43)CC2)c(Cl)c1. The number of aliphatic hydroxyl groups excluding tert-OH is 1. The van der Waals surface area contributed by atoms with Crippen molar-refractivity contribution in [2.45, 2.75) is 31.9 Å². The lowest BCUT2D eigenvalue weighted by Gasteiger charge is -2.33. The summed E-state index contributed by atoms with van der Waals surface area (Å²) in [7, 11) is 0. The van der Waals surface area contributed by atoms with E-state index in [9.17, 15) is 9.90 Å². The molecular weight excluding hydrogens is 390 g/mol. The fraction of sp³-hybridized carbons (Fsp3) is 0.409. The number of H-pyrrole nitrogens is 1. The first-order valence-corrected chi connectivity index (χ1v) is 10.4. The molecule has 4 rings (SSSR count). The Kier molecular flexibility index (Phi) is 5.94. The van der Waals surface area contributed by atoms with Crippen LogP contribution in [-0.4, -0.2) is 51.9 Å². The number of hydrogen-bond acceptors (Lipinski definition) is 4. The summed E-state index contributed by atoms with van der Waals surface area (Å²) >= 11 is 6.18. The second-order valence-electron chi connectivity index (χ2n) is 7.75. The molecule has 0 bridgehead atoms. The summed E-state index contributed by atoms with van der Waals surface area (Å²) < 4.78 is 7.56. The van der Waals surface area contributed by atoms with E-state index >= 15 is 0 Å². The predicted molar refractivity (Wildman–Crippen MR) is 115 cm³/mol. The zero-order valence-corrected chi connectivity index (χ0v) is 17.2. The number of nitrogens with one attached hydrogen (secondary N) is 1. The number of likely N-dealkylation sites (tertiary alicyclic amines) is 1. The number of fused-ring (bicyclic) bond motifs is 1. The number of rotatable bonds is 6. The molecule has 7 heteroatoms. The smallest absolute Gasteiger partial charge is 0.326 e. The Balaban J connectivity index is 1.30. The van der Waals surface area contributed by atoms with Crippen molar-refractivity contribution in [2.75, 3.05) is 26.2 Å². The molecular formula is C22H26ClN3O3. The van der Waals surface area contributed by atoms with Crippen molar-refractivity contribution in [3.63, 3.8) is 0 Å². The number of β-amino-alcohol motifs (C(OH)–C–C–N with tert-alkyl or cyclic N) is 1. The number of imidazole rings is 1. The monoisotopic (exact) mass is 415 g/mol. The van der Waals surface area contributed by atoms with E-state index in [1.165, 1.54) is 0 Å². The zero-order valence-electron chi connectivity index (χ0n) is 16.5. The number of ether oxygens (including phenoxy) is 1. The molecule has 2 heterocycles. The van der Waals surface area contributed by atoms with Crippen LogP contribution in [0, 0.1) is 6.92 Å². The summed E-state index contributed by atoms with van der Waals surface area (Å²) in [6, 6.07) is 13.6. The van der Waals surface area contributed by atoms with Crippen LogP contribution < -0.4 is 10.4 Å². The van der Waals surface area contributed by atoms with Crippen molar-refractivity contribution < 1.29 is 9.84 Å². The van der Waals surface area contributed by atoms with E-state index in [-0.39, 0.29) is 18.3 Å². The van der Waals surface area contributed by atoms with Crippen molar-refractivity contribution in [3.8, 4) is 5.75 Å². The minimum Gasteiger partial charge on any atom is -0.489 e. The number of aromatic amines is 1. The molecule has 0 spiro atoms. The number of para-hydroxylation sites is 2. The highest BCUT2D eigenvalue weighted by Gasteiger charge is 2.24. The fourth-order valence-electron chi connectivity index (χ4n) is 4.06. The summed E-state index contributed by atoms with van der Waals surface area (Å²) in [5.41, 5.74) is 2.86. The van der Waals surface area contributed by atoms with Gasteiger partial charge in [-0.25, -0.2) is 4.79 Å². The van der Waals surface area contributed by atoms with Crippen molar-refractivity contribution in [2.24, 2.45) is 0 Å².